The molecule has 0 saturated carbocycles. The van der Waals surface area contributed by atoms with Crippen molar-refractivity contribution in [2.75, 3.05) is 0 Å². The number of fused-ring (bicyclic) bond motifs is 2. The zero-order valence-electron chi connectivity index (χ0n) is 11.9. The highest BCUT2D eigenvalue weighted by Crippen LogP contribution is 2.15. The van der Waals surface area contributed by atoms with Crippen molar-refractivity contribution in [3.05, 3.63) is 35.7 Å². The van der Waals surface area contributed by atoms with Gasteiger partial charge in [0.1, 0.15) is 5.82 Å². The smallest absolute Gasteiger partial charge is 0.289 e. The fourth-order valence-corrected chi connectivity index (χ4v) is 2.76. The Morgan fingerprint density at radius 1 is 1.36 bits per heavy atom. The lowest BCUT2D eigenvalue weighted by Gasteiger charge is -2.14. The number of nitrogens with one attached hydrogen (secondary N) is 2. The Hall–Kier alpha value is -2.77. The zero-order valence-corrected chi connectivity index (χ0v) is 11.9. The van der Waals surface area contributed by atoms with Crippen LogP contribution in [-0.4, -0.2) is 35.9 Å². The van der Waals surface area contributed by atoms with E-state index in [4.69, 9.17) is 0 Å². The van der Waals surface area contributed by atoms with Crippen molar-refractivity contribution >= 4 is 16.9 Å². The van der Waals surface area contributed by atoms with Crippen molar-refractivity contribution in [3.8, 4) is 0 Å². The van der Waals surface area contributed by atoms with Gasteiger partial charge < -0.3 is 9.88 Å². The average molecular weight is 297 g/mol. The summed E-state index contributed by atoms with van der Waals surface area (Å²) in [6.07, 6.45) is 4.74. The second-order valence-corrected chi connectivity index (χ2v) is 5.31. The van der Waals surface area contributed by atoms with Gasteiger partial charge in [0, 0.05) is 24.5 Å². The van der Waals surface area contributed by atoms with Crippen LogP contribution in [0.1, 0.15) is 35.0 Å². The molecule has 0 aliphatic carbocycles. The van der Waals surface area contributed by atoms with Gasteiger partial charge in [0.05, 0.1) is 12.2 Å². The number of aryl methyl sites for hydroxylation is 1. The second kappa shape index (κ2) is 5.21. The first-order valence-electron chi connectivity index (χ1n) is 7.31. The number of carbonyl (C=O) groups excluding carboxylic acids is 1. The van der Waals surface area contributed by atoms with E-state index in [1.807, 2.05) is 16.7 Å². The Labute approximate surface area is 126 Å². The van der Waals surface area contributed by atoms with E-state index in [1.54, 1.807) is 6.20 Å². The van der Waals surface area contributed by atoms with E-state index in [9.17, 15) is 4.79 Å². The van der Waals surface area contributed by atoms with Crippen molar-refractivity contribution in [1.29, 1.82) is 0 Å². The van der Waals surface area contributed by atoms with Gasteiger partial charge >= 0.3 is 0 Å². The number of nitrogens with zero attached hydrogens (tertiary/aromatic N) is 5. The molecule has 1 aliphatic heterocycles. The lowest BCUT2D eigenvalue weighted by molar-refractivity contribution is 0.0934. The van der Waals surface area contributed by atoms with Gasteiger partial charge in [-0.1, -0.05) is 0 Å². The van der Waals surface area contributed by atoms with E-state index in [0.717, 1.165) is 42.7 Å². The molecule has 0 saturated heterocycles. The topological polar surface area (TPSA) is 101 Å². The minimum absolute atomic E-state index is 0.215. The summed E-state index contributed by atoms with van der Waals surface area (Å²) in [7, 11) is 0. The van der Waals surface area contributed by atoms with Crippen molar-refractivity contribution in [2.24, 2.45) is 0 Å². The van der Waals surface area contributed by atoms with Gasteiger partial charge in [0.15, 0.2) is 5.65 Å². The van der Waals surface area contributed by atoms with Gasteiger partial charge in [-0.2, -0.15) is 5.10 Å². The van der Waals surface area contributed by atoms with E-state index in [1.165, 1.54) is 0 Å². The quantitative estimate of drug-likeness (QED) is 0.745. The molecule has 2 N–H and O–H groups in total. The molecule has 4 rings (SSSR count). The summed E-state index contributed by atoms with van der Waals surface area (Å²) in [4.78, 5) is 16.5. The maximum atomic E-state index is 12.3. The molecular weight excluding hydrogens is 282 g/mol. The Bertz CT molecular complexity index is 835. The molecule has 3 aromatic heterocycles. The first-order valence-corrected chi connectivity index (χ1v) is 7.31. The van der Waals surface area contributed by atoms with Crippen LogP contribution >= 0.6 is 0 Å². The van der Waals surface area contributed by atoms with E-state index in [-0.39, 0.29) is 5.91 Å². The van der Waals surface area contributed by atoms with Crippen LogP contribution in [0.25, 0.3) is 11.0 Å². The van der Waals surface area contributed by atoms with Crippen LogP contribution in [-0.2, 0) is 19.5 Å². The number of aromatic nitrogens is 6. The van der Waals surface area contributed by atoms with E-state index < -0.39 is 0 Å². The molecule has 22 heavy (non-hydrogen) atoms. The van der Waals surface area contributed by atoms with Crippen LogP contribution < -0.4 is 5.32 Å². The Kier molecular flexibility index (Phi) is 3.06. The molecule has 1 amide bonds. The number of hydrogen-bond donors (Lipinski definition) is 2. The predicted octanol–water partition coefficient (Wildman–Crippen LogP) is 0.816. The number of H-pyrrole nitrogens is 1. The molecule has 3 aromatic rings. The van der Waals surface area contributed by atoms with Crippen molar-refractivity contribution in [3.63, 3.8) is 0 Å². The summed E-state index contributed by atoms with van der Waals surface area (Å²) in [5.41, 5.74) is 1.47. The second-order valence-electron chi connectivity index (χ2n) is 5.31. The summed E-state index contributed by atoms with van der Waals surface area (Å²) in [6, 6.07) is 3.77. The molecular formula is C14H15N7O. The molecule has 0 radical (unpaired) electrons. The van der Waals surface area contributed by atoms with Gasteiger partial charge in [0.2, 0.25) is 5.82 Å². The molecule has 8 heteroatoms. The molecule has 0 bridgehead atoms. The van der Waals surface area contributed by atoms with E-state index in [2.05, 4.69) is 30.7 Å². The Balaban J connectivity index is 1.52. The van der Waals surface area contributed by atoms with Crippen molar-refractivity contribution in [1.82, 2.24) is 35.3 Å². The molecule has 4 heterocycles. The third-order valence-electron chi connectivity index (χ3n) is 3.90. The first kappa shape index (κ1) is 12.9. The van der Waals surface area contributed by atoms with Crippen LogP contribution in [0, 0.1) is 0 Å². The molecule has 0 fully saturated rings. The third-order valence-corrected chi connectivity index (χ3v) is 3.90. The van der Waals surface area contributed by atoms with E-state index in [0.29, 0.717) is 18.0 Å². The summed E-state index contributed by atoms with van der Waals surface area (Å²) in [5, 5.41) is 18.9. The predicted molar refractivity (Wildman–Crippen MR) is 78.0 cm³/mol. The molecule has 112 valence electrons. The highest BCUT2D eigenvalue weighted by Gasteiger charge is 2.21. The van der Waals surface area contributed by atoms with Gasteiger partial charge in [-0.15, -0.1) is 10.2 Å². The maximum Gasteiger partial charge on any atom is 0.289 e. The Morgan fingerprint density at radius 2 is 2.32 bits per heavy atom. The molecule has 0 unspecified atom stereocenters. The highest BCUT2D eigenvalue weighted by molar-refractivity contribution is 5.91. The molecule has 8 nitrogen and oxygen atoms in total. The SMILES string of the molecule is O=C(NCc1[nH]nc2ncccc12)c1nnc2n1CCCC2. The monoisotopic (exact) mass is 297 g/mol. The van der Waals surface area contributed by atoms with Crippen LogP contribution in [0.15, 0.2) is 18.3 Å². The van der Waals surface area contributed by atoms with Gasteiger partial charge in [0.25, 0.3) is 5.91 Å². The van der Waals surface area contributed by atoms with Crippen molar-refractivity contribution < 1.29 is 4.79 Å². The number of amides is 1. The summed E-state index contributed by atoms with van der Waals surface area (Å²) in [6.45, 7) is 1.16. The molecule has 0 atom stereocenters. The molecule has 0 aromatic carbocycles. The van der Waals surface area contributed by atoms with Crippen molar-refractivity contribution in [2.45, 2.75) is 32.4 Å². The number of pyridine rings is 1. The standard InChI is InChI=1S/C14H15N7O/c22-14(13-20-18-11-5-1-2-7-21(11)13)16-8-10-9-4-3-6-15-12(9)19-17-10/h3-4,6H,1-2,5,7-8H2,(H,16,22)(H,15,17,19). The lowest BCUT2D eigenvalue weighted by atomic mass is 10.1. The van der Waals surface area contributed by atoms with Crippen LogP contribution in [0.2, 0.25) is 0 Å². The number of rotatable bonds is 3. The summed E-state index contributed by atoms with van der Waals surface area (Å²) < 4.78 is 1.91. The highest BCUT2D eigenvalue weighted by atomic mass is 16.2. The first-order chi connectivity index (χ1) is 10.8. The largest absolute Gasteiger partial charge is 0.344 e. The van der Waals surface area contributed by atoms with E-state index >= 15 is 0 Å². The van der Waals surface area contributed by atoms with Gasteiger partial charge in [-0.05, 0) is 25.0 Å². The fourth-order valence-electron chi connectivity index (χ4n) is 2.76. The minimum atomic E-state index is -0.215. The van der Waals surface area contributed by atoms with Crippen LogP contribution in [0.5, 0.6) is 0 Å². The number of aromatic amines is 1. The number of carbonyl (C=O) groups is 1. The molecule has 1 aliphatic rings. The normalized spacial score (nSPS) is 14.0. The Morgan fingerprint density at radius 3 is 3.27 bits per heavy atom. The third kappa shape index (κ3) is 2.12. The van der Waals surface area contributed by atoms with Crippen LogP contribution in [0.4, 0.5) is 0 Å². The summed E-state index contributed by atoms with van der Waals surface area (Å²) in [5.74, 6) is 1.07. The maximum absolute atomic E-state index is 12.3. The lowest BCUT2D eigenvalue weighted by Crippen LogP contribution is -2.27. The van der Waals surface area contributed by atoms with Gasteiger partial charge in [-0.25, -0.2) is 4.98 Å². The fraction of sp³-hybridized carbons (Fsp3) is 0.357. The molecule has 0 spiro atoms. The average Bonchev–Trinajstić information content (AvgIpc) is 3.17. The number of hydrogen-bond acceptors (Lipinski definition) is 5. The van der Waals surface area contributed by atoms with Crippen LogP contribution in [0.3, 0.4) is 0 Å². The summed E-state index contributed by atoms with van der Waals surface area (Å²) >= 11 is 0. The zero-order chi connectivity index (χ0) is 14.9. The minimum Gasteiger partial charge on any atom is -0.344 e. The van der Waals surface area contributed by atoms with Gasteiger partial charge in [-0.3, -0.25) is 9.89 Å².